The highest BCUT2D eigenvalue weighted by molar-refractivity contribution is 5.90. The van der Waals surface area contributed by atoms with Crippen LogP contribution < -0.4 is 21.3 Å². The lowest BCUT2D eigenvalue weighted by molar-refractivity contribution is 0.248. The maximum atomic E-state index is 11.6. The fraction of sp³-hybridized carbons (Fsp3) is 0.143. The van der Waals surface area contributed by atoms with Crippen molar-refractivity contribution in [2.45, 2.75) is 0 Å². The maximum Gasteiger partial charge on any atom is 0.319 e. The fourth-order valence-electron chi connectivity index (χ4n) is 1.57. The molecule has 2 aromatic heterocycles. The summed E-state index contributed by atoms with van der Waals surface area (Å²) in [7, 11) is 0. The molecule has 0 aromatic carbocycles. The number of anilines is 2. The van der Waals surface area contributed by atoms with Crippen LogP contribution in [0.15, 0.2) is 49.1 Å². The Kier molecular flexibility index (Phi) is 16.1. The van der Waals surface area contributed by atoms with E-state index in [0.717, 1.165) is 0 Å². The summed E-state index contributed by atoms with van der Waals surface area (Å²) in [5.74, 6) is 0. The Labute approximate surface area is 149 Å². The molecule has 0 aliphatic heterocycles. The van der Waals surface area contributed by atoms with Crippen molar-refractivity contribution in [2.75, 3.05) is 23.7 Å². The summed E-state index contributed by atoms with van der Waals surface area (Å²) in [5, 5.41) is 10.5. The topological polar surface area (TPSA) is 234 Å². The van der Waals surface area contributed by atoms with Crippen LogP contribution in [-0.4, -0.2) is 57.0 Å². The lowest BCUT2D eigenvalue weighted by Crippen LogP contribution is -2.38. The summed E-state index contributed by atoms with van der Waals surface area (Å²) < 4.78 is 0. The number of nitrogens with one attached hydrogen (secondary N) is 4. The van der Waals surface area contributed by atoms with E-state index in [9.17, 15) is 9.59 Å². The largest absolute Gasteiger partial charge is 0.412 e. The fourth-order valence-corrected chi connectivity index (χ4v) is 1.57. The number of hydrogen-bond donors (Lipinski definition) is 4. The van der Waals surface area contributed by atoms with E-state index in [2.05, 4.69) is 31.2 Å². The van der Waals surface area contributed by atoms with Crippen LogP contribution in [0.4, 0.5) is 21.0 Å². The Hall–Kier alpha value is -3.32. The Balaban J connectivity index is -0.00000132. The minimum absolute atomic E-state index is 0. The first kappa shape index (κ1) is 27.5. The third-order valence-corrected chi connectivity index (χ3v) is 2.57. The molecule has 0 spiro atoms. The van der Waals surface area contributed by atoms with Gasteiger partial charge < -0.3 is 43.2 Å². The van der Waals surface area contributed by atoms with Gasteiger partial charge in [0.15, 0.2) is 0 Å². The van der Waals surface area contributed by atoms with E-state index in [0.29, 0.717) is 24.5 Å². The number of aromatic nitrogens is 2. The molecule has 12 nitrogen and oxygen atoms in total. The zero-order valence-electron chi connectivity index (χ0n) is 13.7. The van der Waals surface area contributed by atoms with Gasteiger partial charge in [-0.1, -0.05) is 0 Å². The molecular formula is C14H24N6O6. The Morgan fingerprint density at radius 2 is 0.962 bits per heavy atom. The predicted molar refractivity (Wildman–Crippen MR) is 97.0 cm³/mol. The molecule has 146 valence electrons. The highest BCUT2D eigenvalue weighted by atomic mass is 16.2. The maximum absolute atomic E-state index is 11.6. The molecule has 0 aliphatic rings. The molecule has 0 radical (unpaired) electrons. The van der Waals surface area contributed by atoms with Gasteiger partial charge in [0.2, 0.25) is 0 Å². The van der Waals surface area contributed by atoms with Crippen molar-refractivity contribution >= 4 is 23.4 Å². The molecule has 0 saturated carbocycles. The van der Waals surface area contributed by atoms with Gasteiger partial charge in [-0.15, -0.1) is 0 Å². The summed E-state index contributed by atoms with van der Waals surface area (Å²) in [6.45, 7) is 0.612. The van der Waals surface area contributed by atoms with E-state index in [1.807, 2.05) is 0 Å². The first-order chi connectivity index (χ1) is 10.7. The zero-order chi connectivity index (χ0) is 15.6. The minimum atomic E-state index is -0.345. The van der Waals surface area contributed by atoms with Gasteiger partial charge in [0.1, 0.15) is 0 Å². The molecule has 12 heteroatoms. The summed E-state index contributed by atoms with van der Waals surface area (Å²) in [6, 6.07) is 6.03. The molecule has 12 N–H and O–H groups in total. The minimum Gasteiger partial charge on any atom is -0.412 e. The van der Waals surface area contributed by atoms with Crippen molar-refractivity contribution in [3.05, 3.63) is 49.1 Å². The number of pyridine rings is 2. The number of urea groups is 2. The van der Waals surface area contributed by atoms with Crippen LogP contribution in [0.3, 0.4) is 0 Å². The monoisotopic (exact) mass is 372 g/mol. The molecule has 2 aromatic rings. The van der Waals surface area contributed by atoms with Crippen LogP contribution in [0, 0.1) is 0 Å². The second-order valence-corrected chi connectivity index (χ2v) is 4.23. The van der Waals surface area contributed by atoms with Crippen molar-refractivity contribution in [2.24, 2.45) is 0 Å². The molecule has 2 heterocycles. The molecule has 4 amide bonds. The van der Waals surface area contributed by atoms with Crippen LogP contribution in [0.25, 0.3) is 0 Å². The van der Waals surface area contributed by atoms with Crippen molar-refractivity contribution in [3.63, 3.8) is 0 Å². The van der Waals surface area contributed by atoms with Crippen molar-refractivity contribution in [1.29, 1.82) is 0 Å². The molecule has 0 unspecified atom stereocenters. The van der Waals surface area contributed by atoms with E-state index in [-0.39, 0.29) is 34.0 Å². The lowest BCUT2D eigenvalue weighted by atomic mass is 10.4. The van der Waals surface area contributed by atoms with Crippen molar-refractivity contribution in [3.8, 4) is 0 Å². The van der Waals surface area contributed by atoms with Crippen molar-refractivity contribution < 1.29 is 31.5 Å². The second kappa shape index (κ2) is 15.2. The molecule has 26 heavy (non-hydrogen) atoms. The first-order valence-electron chi connectivity index (χ1n) is 6.64. The third kappa shape index (κ3) is 10.5. The summed E-state index contributed by atoms with van der Waals surface area (Å²) in [5.41, 5.74) is 1.30. The van der Waals surface area contributed by atoms with E-state index >= 15 is 0 Å². The molecule has 0 aliphatic carbocycles. The Morgan fingerprint density at radius 1 is 0.654 bits per heavy atom. The third-order valence-electron chi connectivity index (χ3n) is 2.57. The highest BCUT2D eigenvalue weighted by Crippen LogP contribution is 2.02. The number of hydrogen-bond acceptors (Lipinski definition) is 4. The quantitative estimate of drug-likeness (QED) is 0.441. The SMILES string of the molecule is O.O.O.O.O=C(NCCNC(=O)Nc1ccncc1)Nc1ccncc1. The van der Waals surface area contributed by atoms with Gasteiger partial charge in [-0.05, 0) is 24.3 Å². The van der Waals surface area contributed by atoms with Crippen molar-refractivity contribution in [1.82, 2.24) is 20.6 Å². The highest BCUT2D eigenvalue weighted by Gasteiger charge is 2.02. The average Bonchev–Trinajstić information content (AvgIpc) is 2.53. The van der Waals surface area contributed by atoms with Gasteiger partial charge in [-0.2, -0.15) is 0 Å². The van der Waals surface area contributed by atoms with Crippen LogP contribution in [0.5, 0.6) is 0 Å². The van der Waals surface area contributed by atoms with Gasteiger partial charge in [0.05, 0.1) is 0 Å². The predicted octanol–water partition coefficient (Wildman–Crippen LogP) is -1.88. The van der Waals surface area contributed by atoms with E-state index < -0.39 is 0 Å². The van der Waals surface area contributed by atoms with E-state index in [1.54, 1.807) is 49.1 Å². The van der Waals surface area contributed by atoms with Gasteiger partial charge in [-0.25, -0.2) is 9.59 Å². The summed E-state index contributed by atoms with van der Waals surface area (Å²) in [4.78, 5) is 30.8. The average molecular weight is 372 g/mol. The van der Waals surface area contributed by atoms with Gasteiger partial charge in [0.25, 0.3) is 0 Å². The summed E-state index contributed by atoms with van der Waals surface area (Å²) >= 11 is 0. The normalized spacial score (nSPS) is 8.15. The van der Waals surface area contributed by atoms with Gasteiger partial charge in [-0.3, -0.25) is 9.97 Å². The number of carbonyl (C=O) groups excluding carboxylic acids is 2. The molecule has 0 fully saturated rings. The van der Waals surface area contributed by atoms with Crippen LogP contribution in [-0.2, 0) is 0 Å². The Morgan fingerprint density at radius 3 is 1.27 bits per heavy atom. The number of carbonyl (C=O) groups is 2. The molecule has 2 rings (SSSR count). The molecular weight excluding hydrogens is 348 g/mol. The molecule has 0 atom stereocenters. The number of nitrogens with zero attached hydrogens (tertiary/aromatic N) is 2. The summed E-state index contributed by atoms with van der Waals surface area (Å²) in [6.07, 6.45) is 6.34. The van der Waals surface area contributed by atoms with E-state index in [4.69, 9.17) is 0 Å². The van der Waals surface area contributed by atoms with E-state index in [1.165, 1.54) is 0 Å². The Bertz CT molecular complexity index is 560. The lowest BCUT2D eigenvalue weighted by Gasteiger charge is -2.09. The van der Waals surface area contributed by atoms with Crippen LogP contribution in [0.1, 0.15) is 0 Å². The number of rotatable bonds is 5. The van der Waals surface area contributed by atoms with Crippen LogP contribution in [0.2, 0.25) is 0 Å². The standard InChI is InChI=1S/C14H16N6O2.4H2O/c21-13(19-11-1-5-15-6-2-11)17-9-10-18-14(22)20-12-3-7-16-8-4-12;;;;/h1-8H,9-10H2,(H2,15,17,19,21)(H2,16,18,20,22);4*1H2. The molecule has 0 bridgehead atoms. The van der Waals surface area contributed by atoms with Gasteiger partial charge in [0, 0.05) is 49.3 Å². The van der Waals surface area contributed by atoms with Gasteiger partial charge >= 0.3 is 12.1 Å². The first-order valence-corrected chi connectivity index (χ1v) is 6.64. The van der Waals surface area contributed by atoms with Crippen LogP contribution >= 0.6 is 0 Å². The smallest absolute Gasteiger partial charge is 0.319 e. The zero-order valence-corrected chi connectivity index (χ0v) is 13.7. The molecule has 0 saturated heterocycles. The number of amides is 4. The second-order valence-electron chi connectivity index (χ2n) is 4.23.